The van der Waals surface area contributed by atoms with E-state index in [9.17, 15) is 31.1 Å². The average molecular weight is 258 g/mol. The fourth-order valence-corrected chi connectivity index (χ4v) is 1.11. The molecule has 0 spiro atoms. The molecule has 9 heteroatoms. The van der Waals surface area contributed by atoms with Gasteiger partial charge in [0.2, 0.25) is 0 Å². The summed E-state index contributed by atoms with van der Waals surface area (Å²) in [5.74, 6) is 0. The number of nitrogens with two attached hydrogens (primary N) is 1. The van der Waals surface area contributed by atoms with Crippen LogP contribution in [-0.2, 0) is 12.4 Å². The molecule has 0 unspecified atom stereocenters. The van der Waals surface area contributed by atoms with E-state index in [4.69, 9.17) is 5.73 Å². The van der Waals surface area contributed by atoms with Gasteiger partial charge in [0.05, 0.1) is 16.8 Å². The molecule has 1 aromatic heterocycles. The summed E-state index contributed by atoms with van der Waals surface area (Å²) in [6, 6.07) is 0. The second-order valence-electron chi connectivity index (χ2n) is 2.96. The Balaban J connectivity index is 3.54. The molecule has 17 heavy (non-hydrogen) atoms. The Kier molecular flexibility index (Phi) is 3.04. The van der Waals surface area contributed by atoms with Crippen molar-refractivity contribution in [3.63, 3.8) is 0 Å². The number of alkyl halides is 6. The van der Waals surface area contributed by atoms with Gasteiger partial charge < -0.3 is 5.73 Å². The fourth-order valence-electron chi connectivity index (χ4n) is 1.11. The van der Waals surface area contributed by atoms with E-state index in [1.165, 1.54) is 0 Å². The number of hydrogen-bond donors (Lipinski definition) is 1. The van der Waals surface area contributed by atoms with Gasteiger partial charge >= 0.3 is 12.4 Å². The van der Waals surface area contributed by atoms with Crippen molar-refractivity contribution in [3.8, 4) is 0 Å². The minimum absolute atomic E-state index is 0.0504. The predicted octanol–water partition coefficient (Wildman–Crippen LogP) is 2.51. The molecule has 94 valence electrons. The minimum Gasteiger partial charge on any atom is -0.398 e. The molecule has 0 aromatic carbocycles. The zero-order valence-electron chi connectivity index (χ0n) is 7.86. The van der Waals surface area contributed by atoms with Crippen LogP contribution in [0.5, 0.6) is 0 Å². The quantitative estimate of drug-likeness (QED) is 0.622. The first kappa shape index (κ1) is 13.3. The van der Waals surface area contributed by atoms with E-state index in [2.05, 4.69) is 4.98 Å². The largest absolute Gasteiger partial charge is 0.434 e. The number of halogens is 6. The van der Waals surface area contributed by atoms with E-state index in [1.807, 2.05) is 0 Å². The summed E-state index contributed by atoms with van der Waals surface area (Å²) in [7, 11) is 0. The monoisotopic (exact) mass is 258 g/mol. The van der Waals surface area contributed by atoms with Crippen LogP contribution in [0.4, 0.5) is 32.0 Å². The van der Waals surface area contributed by atoms with E-state index in [0.717, 1.165) is 0 Å². The second kappa shape index (κ2) is 3.90. The zero-order chi connectivity index (χ0) is 13.4. The highest BCUT2D eigenvalue weighted by molar-refractivity contribution is 5.86. The van der Waals surface area contributed by atoms with E-state index < -0.39 is 41.1 Å². The van der Waals surface area contributed by atoms with Gasteiger partial charge in [-0.3, -0.25) is 9.78 Å². The van der Waals surface area contributed by atoms with Gasteiger partial charge in [0, 0.05) is 6.20 Å². The lowest BCUT2D eigenvalue weighted by molar-refractivity contribution is -0.144. The Labute approximate surface area is 90.2 Å². The molecule has 2 N–H and O–H groups in total. The number of carbonyl (C=O) groups is 1. The third-order valence-corrected chi connectivity index (χ3v) is 1.85. The van der Waals surface area contributed by atoms with E-state index >= 15 is 0 Å². The Hall–Kier alpha value is -1.80. The number of aromatic nitrogens is 1. The molecule has 0 amide bonds. The normalized spacial score (nSPS) is 12.6. The van der Waals surface area contributed by atoms with Gasteiger partial charge in [-0.1, -0.05) is 0 Å². The average Bonchev–Trinajstić information content (AvgIpc) is 2.13. The molecule has 0 saturated carbocycles. The maximum absolute atomic E-state index is 12.3. The van der Waals surface area contributed by atoms with Crippen LogP contribution >= 0.6 is 0 Å². The van der Waals surface area contributed by atoms with Crippen molar-refractivity contribution < 1.29 is 31.1 Å². The van der Waals surface area contributed by atoms with Gasteiger partial charge in [0.25, 0.3) is 0 Å². The van der Waals surface area contributed by atoms with Crippen LogP contribution in [0.15, 0.2) is 6.20 Å². The van der Waals surface area contributed by atoms with Crippen LogP contribution in [0.1, 0.15) is 21.6 Å². The van der Waals surface area contributed by atoms with Crippen molar-refractivity contribution in [2.24, 2.45) is 0 Å². The number of carbonyl (C=O) groups excluding carboxylic acids is 1. The highest BCUT2D eigenvalue weighted by atomic mass is 19.4. The van der Waals surface area contributed by atoms with E-state index in [1.54, 1.807) is 0 Å². The summed E-state index contributed by atoms with van der Waals surface area (Å²) >= 11 is 0. The number of pyridine rings is 1. The number of anilines is 1. The number of nitrogens with zero attached hydrogens (tertiary/aromatic N) is 1. The van der Waals surface area contributed by atoms with Crippen LogP contribution in [-0.4, -0.2) is 11.3 Å². The molecule has 0 saturated heterocycles. The van der Waals surface area contributed by atoms with Gasteiger partial charge in [-0.25, -0.2) is 0 Å². The Bertz CT molecular complexity index is 451. The number of nitrogen functional groups attached to an aromatic ring is 1. The maximum atomic E-state index is 12.3. The number of rotatable bonds is 1. The number of hydrogen-bond acceptors (Lipinski definition) is 3. The zero-order valence-corrected chi connectivity index (χ0v) is 7.86. The molecule has 0 bridgehead atoms. The van der Waals surface area contributed by atoms with Crippen LogP contribution in [0.2, 0.25) is 0 Å². The lowest BCUT2D eigenvalue weighted by Crippen LogP contribution is -2.18. The maximum Gasteiger partial charge on any atom is 0.434 e. The summed E-state index contributed by atoms with van der Waals surface area (Å²) in [5.41, 5.74) is -1.02. The summed E-state index contributed by atoms with van der Waals surface area (Å²) in [6.45, 7) is 0. The van der Waals surface area contributed by atoms with Crippen LogP contribution in [0, 0.1) is 0 Å². The molecule has 1 rings (SSSR count). The van der Waals surface area contributed by atoms with E-state index in [0.29, 0.717) is 0 Å². The van der Waals surface area contributed by atoms with Crippen molar-refractivity contribution in [1.82, 2.24) is 4.98 Å². The van der Waals surface area contributed by atoms with Gasteiger partial charge in [0.1, 0.15) is 0 Å². The molecule has 0 aliphatic carbocycles. The molecule has 0 fully saturated rings. The first-order chi connectivity index (χ1) is 7.59. The summed E-state index contributed by atoms with van der Waals surface area (Å²) in [5, 5.41) is 0. The summed E-state index contributed by atoms with van der Waals surface area (Å²) < 4.78 is 73.7. The van der Waals surface area contributed by atoms with Gasteiger partial charge in [-0.2, -0.15) is 26.3 Å². The molecule has 0 aliphatic rings. The predicted molar refractivity (Wildman–Crippen MR) is 44.0 cm³/mol. The highest BCUT2D eigenvalue weighted by Gasteiger charge is 2.40. The molecule has 1 aromatic rings. The lowest BCUT2D eigenvalue weighted by Gasteiger charge is -2.14. The molecule has 3 nitrogen and oxygen atoms in total. The topological polar surface area (TPSA) is 56.0 Å². The van der Waals surface area contributed by atoms with Gasteiger partial charge in [0.15, 0.2) is 12.0 Å². The minimum atomic E-state index is -5.05. The highest BCUT2D eigenvalue weighted by Crippen LogP contribution is 2.38. The third kappa shape index (κ3) is 2.48. The summed E-state index contributed by atoms with van der Waals surface area (Å²) in [6.07, 6.45) is -10.5. The third-order valence-electron chi connectivity index (χ3n) is 1.85. The fraction of sp³-hybridized carbons (Fsp3) is 0.250. The Morgan fingerprint density at radius 3 is 2.00 bits per heavy atom. The smallest absolute Gasteiger partial charge is 0.398 e. The number of aldehydes is 1. The van der Waals surface area contributed by atoms with Crippen LogP contribution < -0.4 is 5.73 Å². The molecular formula is C8H4F6N2O. The first-order valence-electron chi connectivity index (χ1n) is 3.97. The van der Waals surface area contributed by atoms with Crippen molar-refractivity contribution >= 4 is 12.0 Å². The Morgan fingerprint density at radius 1 is 1.12 bits per heavy atom. The molecular weight excluding hydrogens is 254 g/mol. The lowest BCUT2D eigenvalue weighted by atomic mass is 10.1. The standard InChI is InChI=1S/C8H4F6N2O/c9-7(10,11)4-1-16-6(8(12,13)14)3(2-17)5(4)15/h1-2H,(H2,15,16). The van der Waals surface area contributed by atoms with Crippen LogP contribution in [0.25, 0.3) is 0 Å². The van der Waals surface area contributed by atoms with Gasteiger partial charge in [-0.15, -0.1) is 0 Å². The molecule has 1 heterocycles. The summed E-state index contributed by atoms with van der Waals surface area (Å²) in [4.78, 5) is 13.0. The Morgan fingerprint density at radius 2 is 1.65 bits per heavy atom. The van der Waals surface area contributed by atoms with Crippen molar-refractivity contribution in [2.45, 2.75) is 12.4 Å². The van der Waals surface area contributed by atoms with Crippen molar-refractivity contribution in [1.29, 1.82) is 0 Å². The van der Waals surface area contributed by atoms with Crippen molar-refractivity contribution in [2.75, 3.05) is 5.73 Å². The molecule has 0 atom stereocenters. The van der Waals surface area contributed by atoms with Crippen LogP contribution in [0.3, 0.4) is 0 Å². The van der Waals surface area contributed by atoms with E-state index in [-0.39, 0.29) is 6.20 Å². The molecule has 0 aliphatic heterocycles. The van der Waals surface area contributed by atoms with Gasteiger partial charge in [-0.05, 0) is 0 Å². The van der Waals surface area contributed by atoms with Crippen molar-refractivity contribution in [3.05, 3.63) is 23.0 Å². The second-order valence-corrected chi connectivity index (χ2v) is 2.96. The molecule has 0 radical (unpaired) electrons. The SMILES string of the molecule is Nc1c(C(F)(F)F)cnc(C(F)(F)F)c1C=O. The first-order valence-corrected chi connectivity index (χ1v) is 3.97.